The van der Waals surface area contributed by atoms with Crippen LogP contribution < -0.4 is 5.73 Å². The molecule has 1 atom stereocenters. The molecule has 1 aromatic rings. The van der Waals surface area contributed by atoms with Crippen LogP contribution in [0.4, 0.5) is 0 Å². The molecule has 1 unspecified atom stereocenters. The fourth-order valence-corrected chi connectivity index (χ4v) is 1.98. The highest BCUT2D eigenvalue weighted by molar-refractivity contribution is 6.42. The standard InChI is InChI=1S/C12H17Cl2NO/c1-12(2,16-3)7-10(15)8-5-4-6-9(13)11(8)14/h4-6,10H,7,15H2,1-3H3. The number of hydrogen-bond donors (Lipinski definition) is 1. The molecule has 16 heavy (non-hydrogen) atoms. The summed E-state index contributed by atoms with van der Waals surface area (Å²) in [5, 5.41) is 1.06. The summed E-state index contributed by atoms with van der Waals surface area (Å²) >= 11 is 12.1. The molecule has 0 saturated carbocycles. The lowest BCUT2D eigenvalue weighted by Crippen LogP contribution is -2.28. The number of rotatable bonds is 4. The average molecular weight is 262 g/mol. The molecule has 0 aliphatic rings. The van der Waals surface area contributed by atoms with Crippen LogP contribution in [-0.4, -0.2) is 12.7 Å². The zero-order valence-corrected chi connectivity index (χ0v) is 11.3. The highest BCUT2D eigenvalue weighted by atomic mass is 35.5. The Balaban J connectivity index is 2.89. The summed E-state index contributed by atoms with van der Waals surface area (Å²) in [5.74, 6) is 0. The van der Waals surface area contributed by atoms with Crippen LogP contribution in [0.25, 0.3) is 0 Å². The molecule has 0 heterocycles. The predicted octanol–water partition coefficient (Wildman–Crippen LogP) is 3.81. The SMILES string of the molecule is COC(C)(C)CC(N)c1cccc(Cl)c1Cl. The molecule has 0 bridgehead atoms. The van der Waals surface area contributed by atoms with Gasteiger partial charge in [-0.05, 0) is 31.9 Å². The van der Waals surface area contributed by atoms with Crippen molar-refractivity contribution in [3.05, 3.63) is 33.8 Å². The van der Waals surface area contributed by atoms with Gasteiger partial charge in [0.25, 0.3) is 0 Å². The van der Waals surface area contributed by atoms with E-state index in [1.807, 2.05) is 26.0 Å². The van der Waals surface area contributed by atoms with Gasteiger partial charge in [-0.25, -0.2) is 0 Å². The van der Waals surface area contributed by atoms with E-state index in [0.29, 0.717) is 16.5 Å². The van der Waals surface area contributed by atoms with Crippen LogP contribution in [0, 0.1) is 0 Å². The summed E-state index contributed by atoms with van der Waals surface area (Å²) in [6.07, 6.45) is 0.684. The van der Waals surface area contributed by atoms with Crippen molar-refractivity contribution in [2.75, 3.05) is 7.11 Å². The van der Waals surface area contributed by atoms with Crippen molar-refractivity contribution < 1.29 is 4.74 Å². The number of benzene rings is 1. The van der Waals surface area contributed by atoms with E-state index in [4.69, 9.17) is 33.7 Å². The lowest BCUT2D eigenvalue weighted by atomic mass is 9.94. The molecule has 0 amide bonds. The van der Waals surface area contributed by atoms with Gasteiger partial charge < -0.3 is 10.5 Å². The summed E-state index contributed by atoms with van der Waals surface area (Å²) in [4.78, 5) is 0. The molecular weight excluding hydrogens is 245 g/mol. The molecule has 0 spiro atoms. The first-order chi connectivity index (χ1) is 7.37. The molecule has 1 rings (SSSR count). The maximum atomic E-state index is 6.11. The Bertz CT molecular complexity index is 366. The predicted molar refractivity (Wildman–Crippen MR) is 69.1 cm³/mol. The van der Waals surface area contributed by atoms with Crippen LogP contribution in [0.15, 0.2) is 18.2 Å². The Kier molecular flexibility index (Phi) is 4.62. The van der Waals surface area contributed by atoms with Gasteiger partial charge >= 0.3 is 0 Å². The third-order valence-electron chi connectivity index (χ3n) is 2.65. The van der Waals surface area contributed by atoms with E-state index in [1.54, 1.807) is 13.2 Å². The second-order valence-electron chi connectivity index (χ2n) is 4.42. The van der Waals surface area contributed by atoms with Gasteiger partial charge in [0, 0.05) is 13.2 Å². The van der Waals surface area contributed by atoms with Crippen LogP contribution >= 0.6 is 23.2 Å². The van der Waals surface area contributed by atoms with Crippen molar-refractivity contribution in [2.45, 2.75) is 31.9 Å². The summed E-state index contributed by atoms with van der Waals surface area (Å²) in [7, 11) is 1.67. The highest BCUT2D eigenvalue weighted by Gasteiger charge is 2.23. The molecule has 1 aromatic carbocycles. The molecule has 0 aromatic heterocycles. The van der Waals surface area contributed by atoms with Crippen molar-refractivity contribution in [3.8, 4) is 0 Å². The maximum absolute atomic E-state index is 6.11. The third-order valence-corrected chi connectivity index (χ3v) is 3.48. The Hall–Kier alpha value is -0.280. The van der Waals surface area contributed by atoms with Gasteiger partial charge in [0.2, 0.25) is 0 Å². The molecule has 2 nitrogen and oxygen atoms in total. The molecule has 0 aliphatic heterocycles. The zero-order valence-electron chi connectivity index (χ0n) is 9.76. The van der Waals surface area contributed by atoms with E-state index in [1.165, 1.54) is 0 Å². The number of methoxy groups -OCH3 is 1. The normalized spacial score (nSPS) is 13.9. The largest absolute Gasteiger partial charge is 0.379 e. The number of ether oxygens (including phenoxy) is 1. The molecule has 0 radical (unpaired) electrons. The second-order valence-corrected chi connectivity index (χ2v) is 5.20. The molecule has 90 valence electrons. The zero-order chi connectivity index (χ0) is 12.3. The average Bonchev–Trinajstić information content (AvgIpc) is 2.21. The molecule has 2 N–H and O–H groups in total. The van der Waals surface area contributed by atoms with Crippen LogP contribution in [0.1, 0.15) is 31.9 Å². The summed E-state index contributed by atoms with van der Waals surface area (Å²) < 4.78 is 5.34. The Morgan fingerprint density at radius 1 is 1.38 bits per heavy atom. The van der Waals surface area contributed by atoms with Crippen molar-refractivity contribution in [2.24, 2.45) is 5.73 Å². The first kappa shape index (κ1) is 13.8. The molecular formula is C12H17Cl2NO. The fraction of sp³-hybridized carbons (Fsp3) is 0.500. The number of hydrogen-bond acceptors (Lipinski definition) is 2. The smallest absolute Gasteiger partial charge is 0.0640 e. The van der Waals surface area contributed by atoms with Crippen molar-refractivity contribution in [1.82, 2.24) is 0 Å². The topological polar surface area (TPSA) is 35.2 Å². The molecule has 0 saturated heterocycles. The van der Waals surface area contributed by atoms with Gasteiger partial charge in [0.15, 0.2) is 0 Å². The van der Waals surface area contributed by atoms with E-state index in [9.17, 15) is 0 Å². The molecule has 0 fully saturated rings. The lowest BCUT2D eigenvalue weighted by Gasteiger charge is -2.27. The van der Waals surface area contributed by atoms with Gasteiger partial charge in [-0.3, -0.25) is 0 Å². The minimum absolute atomic E-state index is 0.179. The Morgan fingerprint density at radius 3 is 2.56 bits per heavy atom. The van der Waals surface area contributed by atoms with Gasteiger partial charge in [-0.15, -0.1) is 0 Å². The van der Waals surface area contributed by atoms with E-state index >= 15 is 0 Å². The van der Waals surface area contributed by atoms with Gasteiger partial charge in [-0.2, -0.15) is 0 Å². The van der Waals surface area contributed by atoms with Crippen LogP contribution in [-0.2, 0) is 4.74 Å². The van der Waals surface area contributed by atoms with Crippen LogP contribution in [0.2, 0.25) is 10.0 Å². The van der Waals surface area contributed by atoms with E-state index < -0.39 is 0 Å². The van der Waals surface area contributed by atoms with Gasteiger partial charge in [0.1, 0.15) is 0 Å². The maximum Gasteiger partial charge on any atom is 0.0640 e. The number of halogens is 2. The second kappa shape index (κ2) is 5.37. The monoisotopic (exact) mass is 261 g/mol. The minimum Gasteiger partial charge on any atom is -0.379 e. The number of nitrogens with two attached hydrogens (primary N) is 1. The van der Waals surface area contributed by atoms with Gasteiger partial charge in [0.05, 0.1) is 15.6 Å². The van der Waals surface area contributed by atoms with Crippen LogP contribution in [0.5, 0.6) is 0 Å². The van der Waals surface area contributed by atoms with E-state index in [-0.39, 0.29) is 11.6 Å². The van der Waals surface area contributed by atoms with Crippen LogP contribution in [0.3, 0.4) is 0 Å². The first-order valence-corrected chi connectivity index (χ1v) is 5.87. The van der Waals surface area contributed by atoms with Crippen molar-refractivity contribution in [1.29, 1.82) is 0 Å². The van der Waals surface area contributed by atoms with Gasteiger partial charge in [-0.1, -0.05) is 35.3 Å². The summed E-state index contributed by atoms with van der Waals surface area (Å²) in [6.45, 7) is 3.98. The quantitative estimate of drug-likeness (QED) is 0.895. The van der Waals surface area contributed by atoms with E-state index in [0.717, 1.165) is 5.56 Å². The highest BCUT2D eigenvalue weighted by Crippen LogP contribution is 2.32. The minimum atomic E-state index is -0.273. The lowest BCUT2D eigenvalue weighted by molar-refractivity contribution is 0.00996. The Labute approximate surface area is 107 Å². The van der Waals surface area contributed by atoms with Crippen molar-refractivity contribution >= 4 is 23.2 Å². The third kappa shape index (κ3) is 3.36. The summed E-state index contributed by atoms with van der Waals surface area (Å²) in [5.41, 5.74) is 6.69. The van der Waals surface area contributed by atoms with E-state index in [2.05, 4.69) is 0 Å². The Morgan fingerprint density at radius 2 is 2.00 bits per heavy atom. The first-order valence-electron chi connectivity index (χ1n) is 5.12. The molecule has 4 heteroatoms. The molecule has 0 aliphatic carbocycles. The fourth-order valence-electron chi connectivity index (χ4n) is 1.53. The summed E-state index contributed by atoms with van der Waals surface area (Å²) in [6, 6.07) is 5.32. The van der Waals surface area contributed by atoms with Crippen molar-refractivity contribution in [3.63, 3.8) is 0 Å².